The van der Waals surface area contributed by atoms with Crippen molar-refractivity contribution in [1.82, 2.24) is 5.06 Å². The first-order valence-corrected chi connectivity index (χ1v) is 19.0. The molecule has 0 aromatic carbocycles. The third-order valence-electron chi connectivity index (χ3n) is 16.4. The third-order valence-corrected chi connectivity index (χ3v) is 16.4. The second-order valence-corrected chi connectivity index (χ2v) is 18.5. The Balaban J connectivity index is 1.19. The minimum atomic E-state index is -1.59. The van der Waals surface area contributed by atoms with Crippen molar-refractivity contribution in [2.75, 3.05) is 20.3 Å². The van der Waals surface area contributed by atoms with E-state index < -0.39 is 54.6 Å². The third kappa shape index (κ3) is 5.37. The van der Waals surface area contributed by atoms with Crippen molar-refractivity contribution in [3.05, 3.63) is 12.2 Å². The van der Waals surface area contributed by atoms with E-state index in [1.165, 1.54) is 7.11 Å². The first-order chi connectivity index (χ1) is 23.3. The number of carbonyl (C=O) groups excluding carboxylic acids is 1. The lowest BCUT2D eigenvalue weighted by Crippen LogP contribution is -2.67. The van der Waals surface area contributed by atoms with Crippen LogP contribution in [0.4, 0.5) is 0 Å². The van der Waals surface area contributed by atoms with Gasteiger partial charge in [-0.25, -0.2) is 0 Å². The first-order valence-electron chi connectivity index (χ1n) is 19.0. The zero-order valence-electron chi connectivity index (χ0n) is 31.3. The second kappa shape index (κ2) is 13.1. The Morgan fingerprint density at radius 2 is 1.56 bits per heavy atom. The Hall–Kier alpha value is -1.60. The fraction of sp³-hybridized carbons (Fsp3) is 0.897. The number of rotatable bonds is 8. The molecule has 0 radical (unpaired) electrons. The van der Waals surface area contributed by atoms with Crippen molar-refractivity contribution >= 4 is 11.9 Å². The smallest absolute Gasteiger partial charge is 0.323 e. The molecule has 0 bridgehead atoms. The Bertz CT molecular complexity index is 1340. The van der Waals surface area contributed by atoms with E-state index in [1.54, 1.807) is 0 Å². The zero-order chi connectivity index (χ0) is 36.8. The molecule has 6 rings (SSSR count). The van der Waals surface area contributed by atoms with Crippen molar-refractivity contribution in [3.63, 3.8) is 0 Å². The second-order valence-electron chi connectivity index (χ2n) is 18.5. The highest BCUT2D eigenvalue weighted by molar-refractivity contribution is 5.76. The van der Waals surface area contributed by atoms with Crippen molar-refractivity contribution in [2.24, 2.45) is 56.7 Å². The molecule has 0 aromatic heterocycles. The van der Waals surface area contributed by atoms with Gasteiger partial charge in [0, 0.05) is 5.41 Å². The van der Waals surface area contributed by atoms with Crippen LogP contribution in [0.5, 0.6) is 0 Å². The van der Waals surface area contributed by atoms with E-state index in [4.69, 9.17) is 14.3 Å². The summed E-state index contributed by atoms with van der Waals surface area (Å²) in [7, 11) is 1.32. The molecule has 5 saturated carbocycles. The number of carboxylic acids is 1. The Morgan fingerprint density at radius 1 is 0.860 bits per heavy atom. The van der Waals surface area contributed by atoms with Gasteiger partial charge in [-0.1, -0.05) is 46.8 Å². The molecule has 6 fully saturated rings. The lowest BCUT2D eigenvalue weighted by atomic mass is 9.32. The van der Waals surface area contributed by atoms with Gasteiger partial charge in [0.15, 0.2) is 6.23 Å². The number of carboxylic acid groups (broad SMARTS) is 1. The molecule has 0 aromatic rings. The van der Waals surface area contributed by atoms with E-state index in [9.17, 15) is 35.1 Å². The molecule has 15 atom stereocenters. The van der Waals surface area contributed by atoms with Gasteiger partial charge in [0.2, 0.25) is 0 Å². The highest BCUT2D eigenvalue weighted by Crippen LogP contribution is 2.77. The standard InChI is InChI=1S/C39H63NO10/c1-21(2)22-11-16-39(34(46)47)18-17-37(6)23(29(22)39)9-10-26-36(5)14-13-27(35(3,4)25(36)12-15-38(26,37)7)50-28(42)19-40(48-8)33-32(45)31(44)30(43)24(20-41)49-33/h22-27,29-33,41,43-45H,1,9-20H2,2-8H3,(H,46,47)/t22-,23+,24+,25-,26+,27-,29+,30+,31-,32-,33?,36-,37+,38+,39-/m0/s1. The minimum absolute atomic E-state index is 0.0348. The Morgan fingerprint density at radius 3 is 2.18 bits per heavy atom. The average Bonchev–Trinajstić information content (AvgIpc) is 3.46. The van der Waals surface area contributed by atoms with E-state index >= 15 is 0 Å². The number of allylic oxidation sites excluding steroid dienone is 1. The molecule has 1 heterocycles. The number of hydrogen-bond donors (Lipinski definition) is 5. The van der Waals surface area contributed by atoms with E-state index in [0.29, 0.717) is 24.2 Å². The summed E-state index contributed by atoms with van der Waals surface area (Å²) in [5.41, 5.74) is 0.327. The maximum Gasteiger partial charge on any atom is 0.323 e. The van der Waals surface area contributed by atoms with Gasteiger partial charge in [0.1, 0.15) is 37.1 Å². The first kappa shape index (κ1) is 38.1. The van der Waals surface area contributed by atoms with E-state index in [-0.39, 0.29) is 46.1 Å². The predicted molar refractivity (Wildman–Crippen MR) is 184 cm³/mol. The highest BCUT2D eigenvalue weighted by Gasteiger charge is 2.72. The van der Waals surface area contributed by atoms with E-state index in [2.05, 4.69) is 48.1 Å². The molecular weight excluding hydrogens is 642 g/mol. The number of hydroxylamine groups is 2. The van der Waals surface area contributed by atoms with Crippen LogP contribution < -0.4 is 0 Å². The van der Waals surface area contributed by atoms with Gasteiger partial charge in [-0.3, -0.25) is 14.4 Å². The number of carbonyl (C=O) groups is 2. The van der Waals surface area contributed by atoms with Gasteiger partial charge in [-0.15, -0.1) is 5.06 Å². The molecule has 0 spiro atoms. The average molecular weight is 706 g/mol. The van der Waals surface area contributed by atoms with Crippen LogP contribution in [0, 0.1) is 56.7 Å². The fourth-order valence-corrected chi connectivity index (χ4v) is 13.6. The van der Waals surface area contributed by atoms with Crippen molar-refractivity contribution < 1.29 is 49.4 Å². The molecule has 1 aliphatic heterocycles. The summed E-state index contributed by atoms with van der Waals surface area (Å²) in [6, 6.07) is 0. The highest BCUT2D eigenvalue weighted by atomic mass is 16.7. The Kier molecular flexibility index (Phi) is 9.96. The largest absolute Gasteiger partial charge is 0.481 e. The molecule has 5 aliphatic carbocycles. The molecule has 5 N–H and O–H groups in total. The quantitative estimate of drug-likeness (QED) is 0.139. The summed E-state index contributed by atoms with van der Waals surface area (Å²) < 4.78 is 11.8. The van der Waals surface area contributed by atoms with E-state index in [0.717, 1.165) is 68.4 Å². The molecule has 0 amide bonds. The normalized spacial score (nSPS) is 49.6. The predicted octanol–water partition coefficient (Wildman–Crippen LogP) is 4.30. The van der Waals surface area contributed by atoms with Crippen LogP contribution in [-0.4, -0.2) is 99.5 Å². The van der Waals surface area contributed by atoms with Crippen LogP contribution in [0.15, 0.2) is 12.2 Å². The van der Waals surface area contributed by atoms with E-state index in [1.807, 2.05) is 0 Å². The molecule has 50 heavy (non-hydrogen) atoms. The van der Waals surface area contributed by atoms with Gasteiger partial charge in [-0.05, 0) is 117 Å². The minimum Gasteiger partial charge on any atom is -0.481 e. The molecule has 11 nitrogen and oxygen atoms in total. The van der Waals surface area contributed by atoms with Crippen molar-refractivity contribution in [1.29, 1.82) is 0 Å². The summed E-state index contributed by atoms with van der Waals surface area (Å²) in [5, 5.41) is 52.4. The number of fused-ring (bicyclic) bond motifs is 7. The van der Waals surface area contributed by atoms with Gasteiger partial charge in [0.25, 0.3) is 0 Å². The Labute approximate surface area is 297 Å². The number of aliphatic carboxylic acids is 1. The molecule has 6 aliphatic rings. The van der Waals surface area contributed by atoms with Crippen LogP contribution in [0.3, 0.4) is 0 Å². The molecule has 1 saturated heterocycles. The van der Waals surface area contributed by atoms with Crippen LogP contribution in [-0.2, 0) is 23.9 Å². The summed E-state index contributed by atoms with van der Waals surface area (Å²) in [4.78, 5) is 31.8. The molecule has 11 heteroatoms. The number of nitrogens with zero attached hydrogens (tertiary/aromatic N) is 1. The summed E-state index contributed by atoms with van der Waals surface area (Å²) >= 11 is 0. The van der Waals surface area contributed by atoms with Gasteiger partial charge >= 0.3 is 11.9 Å². The number of aliphatic hydroxyl groups excluding tert-OH is 4. The molecular formula is C39H63NO10. The van der Waals surface area contributed by atoms with Gasteiger partial charge in [0.05, 0.1) is 19.1 Å². The molecule has 284 valence electrons. The summed E-state index contributed by atoms with van der Waals surface area (Å²) in [5.74, 6) is 0.404. The van der Waals surface area contributed by atoms with Gasteiger partial charge in [-0.2, -0.15) is 0 Å². The number of hydrogen-bond acceptors (Lipinski definition) is 10. The number of aliphatic hydroxyl groups is 4. The van der Waals surface area contributed by atoms with Crippen LogP contribution >= 0.6 is 0 Å². The SMILES string of the molecule is C=C(C)[C@@H]1CC[C@]2(C(=O)O)CC[C@]3(C)[C@H](CC[C@@H]4[C@@]5(C)CC[C@H](OC(=O)CN(OC)C6O[C@H](CO)[C@@H](O)[C@H](O)[C@@H]6O)C(C)(C)[C@@H]5CC[C@]43C)[C@@H]12. The maximum atomic E-state index is 13.5. The monoisotopic (exact) mass is 705 g/mol. The fourth-order valence-electron chi connectivity index (χ4n) is 13.6. The topological polar surface area (TPSA) is 166 Å². The molecule has 1 unspecified atom stereocenters. The summed E-state index contributed by atoms with van der Waals surface area (Å²) in [6.45, 7) is 17.5. The van der Waals surface area contributed by atoms with Crippen LogP contribution in [0.25, 0.3) is 0 Å². The van der Waals surface area contributed by atoms with Crippen molar-refractivity contribution in [2.45, 2.75) is 142 Å². The number of ether oxygens (including phenoxy) is 2. The van der Waals surface area contributed by atoms with Crippen LogP contribution in [0.1, 0.15) is 106 Å². The number of esters is 1. The summed E-state index contributed by atoms with van der Waals surface area (Å²) in [6.07, 6.45) is 1.79. The van der Waals surface area contributed by atoms with Crippen molar-refractivity contribution in [3.8, 4) is 0 Å². The lowest BCUT2D eigenvalue weighted by Gasteiger charge is -2.72. The lowest BCUT2D eigenvalue weighted by molar-refractivity contribution is -0.327. The maximum absolute atomic E-state index is 13.5. The van der Waals surface area contributed by atoms with Crippen LogP contribution in [0.2, 0.25) is 0 Å². The zero-order valence-corrected chi connectivity index (χ0v) is 31.3. The van der Waals surface area contributed by atoms with Gasteiger partial charge < -0.3 is 35.0 Å².